The van der Waals surface area contributed by atoms with Crippen LogP contribution in [0.2, 0.25) is 0 Å². The fourth-order valence-corrected chi connectivity index (χ4v) is 1.90. The number of nitrogens with one attached hydrogen (secondary N) is 1. The summed E-state index contributed by atoms with van der Waals surface area (Å²) in [6.45, 7) is 0. The number of hydrogen-bond acceptors (Lipinski definition) is 3. The fraction of sp³-hybridized carbons (Fsp3) is 0.0667. The van der Waals surface area contributed by atoms with Gasteiger partial charge in [-0.2, -0.15) is 5.10 Å². The highest BCUT2D eigenvalue weighted by atomic mass is 16.5. The van der Waals surface area contributed by atoms with Gasteiger partial charge in [-0.15, -0.1) is 0 Å². The molecule has 3 aromatic rings. The van der Waals surface area contributed by atoms with Crippen molar-refractivity contribution in [2.75, 3.05) is 7.11 Å². The van der Waals surface area contributed by atoms with E-state index in [1.807, 2.05) is 48.6 Å². The summed E-state index contributed by atoms with van der Waals surface area (Å²) in [5.74, 6) is 0.613. The predicted molar refractivity (Wildman–Crippen MR) is 75.8 cm³/mol. The van der Waals surface area contributed by atoms with E-state index in [0.29, 0.717) is 5.88 Å². The smallest absolute Gasteiger partial charge is 0.212 e. The largest absolute Gasteiger partial charge is 0.481 e. The molecule has 0 aliphatic carbocycles. The van der Waals surface area contributed by atoms with Gasteiger partial charge < -0.3 is 4.74 Å². The summed E-state index contributed by atoms with van der Waals surface area (Å²) in [5.41, 5.74) is 2.97. The summed E-state index contributed by atoms with van der Waals surface area (Å²) >= 11 is 0. The first-order valence-corrected chi connectivity index (χ1v) is 5.98. The number of aromatic nitrogens is 3. The van der Waals surface area contributed by atoms with Crippen molar-refractivity contribution in [3.63, 3.8) is 0 Å². The molecule has 0 saturated heterocycles. The summed E-state index contributed by atoms with van der Waals surface area (Å²) in [5, 5.41) is 8.40. The van der Waals surface area contributed by atoms with Gasteiger partial charge in [0.1, 0.15) is 0 Å². The minimum absolute atomic E-state index is 0.613. The molecular formula is C15H13N3O. The van der Waals surface area contributed by atoms with Crippen molar-refractivity contribution >= 4 is 23.1 Å². The monoisotopic (exact) mass is 251 g/mol. The number of benzene rings is 1. The molecule has 3 rings (SSSR count). The summed E-state index contributed by atoms with van der Waals surface area (Å²) in [6, 6.07) is 11.8. The SMILES string of the molecule is COc1ccc(/C=C/c2n[nH]c3ccccc23)cn1. The van der Waals surface area contributed by atoms with Gasteiger partial charge in [-0.1, -0.05) is 24.3 Å². The van der Waals surface area contributed by atoms with Crippen molar-refractivity contribution in [2.45, 2.75) is 0 Å². The molecule has 0 fully saturated rings. The van der Waals surface area contributed by atoms with Crippen LogP contribution in [0.1, 0.15) is 11.3 Å². The summed E-state index contributed by atoms with van der Waals surface area (Å²) in [7, 11) is 1.60. The van der Waals surface area contributed by atoms with E-state index in [1.165, 1.54) is 0 Å². The van der Waals surface area contributed by atoms with E-state index >= 15 is 0 Å². The highest BCUT2D eigenvalue weighted by Gasteiger charge is 2.00. The number of hydrogen-bond donors (Lipinski definition) is 1. The Hall–Kier alpha value is -2.62. The van der Waals surface area contributed by atoms with E-state index in [0.717, 1.165) is 22.2 Å². The van der Waals surface area contributed by atoms with Gasteiger partial charge in [0.25, 0.3) is 0 Å². The van der Waals surface area contributed by atoms with Gasteiger partial charge in [-0.25, -0.2) is 4.98 Å². The second-order valence-corrected chi connectivity index (χ2v) is 4.12. The second-order valence-electron chi connectivity index (χ2n) is 4.12. The van der Waals surface area contributed by atoms with Gasteiger partial charge in [0.2, 0.25) is 5.88 Å². The summed E-state index contributed by atoms with van der Waals surface area (Å²) in [6.07, 6.45) is 5.72. The van der Waals surface area contributed by atoms with Crippen LogP contribution < -0.4 is 4.74 Å². The maximum Gasteiger partial charge on any atom is 0.212 e. The Balaban J connectivity index is 1.89. The van der Waals surface area contributed by atoms with Crippen LogP contribution in [0.5, 0.6) is 5.88 Å². The van der Waals surface area contributed by atoms with Gasteiger partial charge in [-0.3, -0.25) is 5.10 Å². The third kappa shape index (κ3) is 2.33. The molecule has 1 aromatic carbocycles. The first kappa shape index (κ1) is 11.5. The molecule has 4 heteroatoms. The molecule has 0 aliphatic heterocycles. The molecule has 0 bridgehead atoms. The predicted octanol–water partition coefficient (Wildman–Crippen LogP) is 3.14. The molecule has 0 spiro atoms. The number of fused-ring (bicyclic) bond motifs is 1. The van der Waals surface area contributed by atoms with Gasteiger partial charge in [0.05, 0.1) is 18.3 Å². The Morgan fingerprint density at radius 1 is 1.11 bits per heavy atom. The quantitative estimate of drug-likeness (QED) is 0.778. The van der Waals surface area contributed by atoms with Crippen molar-refractivity contribution < 1.29 is 4.74 Å². The van der Waals surface area contributed by atoms with Crippen molar-refractivity contribution in [3.05, 3.63) is 53.9 Å². The molecule has 0 unspecified atom stereocenters. The van der Waals surface area contributed by atoms with Crippen LogP contribution in [0.25, 0.3) is 23.1 Å². The molecule has 94 valence electrons. The molecule has 2 aromatic heterocycles. The minimum Gasteiger partial charge on any atom is -0.481 e. The van der Waals surface area contributed by atoms with Crippen LogP contribution in [0.3, 0.4) is 0 Å². The number of nitrogens with zero attached hydrogens (tertiary/aromatic N) is 2. The van der Waals surface area contributed by atoms with Crippen molar-refractivity contribution in [3.8, 4) is 5.88 Å². The minimum atomic E-state index is 0.613. The number of rotatable bonds is 3. The van der Waals surface area contributed by atoms with Gasteiger partial charge >= 0.3 is 0 Å². The van der Waals surface area contributed by atoms with E-state index in [1.54, 1.807) is 13.3 Å². The van der Waals surface area contributed by atoms with Gasteiger partial charge in [0.15, 0.2) is 0 Å². The maximum atomic E-state index is 5.02. The van der Waals surface area contributed by atoms with E-state index in [-0.39, 0.29) is 0 Å². The Labute approximate surface area is 110 Å². The number of methoxy groups -OCH3 is 1. The number of ether oxygens (including phenoxy) is 1. The molecule has 0 amide bonds. The van der Waals surface area contributed by atoms with Gasteiger partial charge in [-0.05, 0) is 23.8 Å². The van der Waals surface area contributed by atoms with Crippen LogP contribution in [-0.2, 0) is 0 Å². The molecule has 1 N–H and O–H groups in total. The second kappa shape index (κ2) is 4.94. The molecule has 19 heavy (non-hydrogen) atoms. The Morgan fingerprint density at radius 2 is 2.00 bits per heavy atom. The van der Waals surface area contributed by atoms with Crippen molar-refractivity contribution in [1.29, 1.82) is 0 Å². The normalized spacial score (nSPS) is 11.2. The van der Waals surface area contributed by atoms with Crippen LogP contribution in [0, 0.1) is 0 Å². The summed E-state index contributed by atoms with van der Waals surface area (Å²) in [4.78, 5) is 4.16. The average molecular weight is 251 g/mol. The molecule has 0 saturated carbocycles. The molecule has 0 atom stereocenters. The fourth-order valence-electron chi connectivity index (χ4n) is 1.90. The zero-order valence-electron chi connectivity index (χ0n) is 10.5. The zero-order valence-corrected chi connectivity index (χ0v) is 10.5. The highest BCUT2D eigenvalue weighted by molar-refractivity contribution is 5.89. The van der Waals surface area contributed by atoms with E-state index in [4.69, 9.17) is 4.74 Å². The Morgan fingerprint density at radius 3 is 2.79 bits per heavy atom. The van der Waals surface area contributed by atoms with Crippen molar-refractivity contribution in [1.82, 2.24) is 15.2 Å². The van der Waals surface area contributed by atoms with Crippen molar-refractivity contribution in [2.24, 2.45) is 0 Å². The number of para-hydroxylation sites is 1. The Kier molecular flexibility index (Phi) is 2.98. The maximum absolute atomic E-state index is 5.02. The van der Waals surface area contributed by atoms with E-state index in [9.17, 15) is 0 Å². The Bertz CT molecular complexity index is 714. The van der Waals surface area contributed by atoms with Crippen LogP contribution >= 0.6 is 0 Å². The highest BCUT2D eigenvalue weighted by Crippen LogP contribution is 2.17. The lowest BCUT2D eigenvalue weighted by atomic mass is 10.2. The van der Waals surface area contributed by atoms with Gasteiger partial charge in [0, 0.05) is 17.6 Å². The zero-order chi connectivity index (χ0) is 13.1. The van der Waals surface area contributed by atoms with Crippen LogP contribution in [0.4, 0.5) is 0 Å². The molecular weight excluding hydrogens is 238 g/mol. The van der Waals surface area contributed by atoms with Crippen LogP contribution in [0.15, 0.2) is 42.6 Å². The molecule has 0 aliphatic rings. The molecule has 4 nitrogen and oxygen atoms in total. The van der Waals surface area contributed by atoms with Crippen LogP contribution in [-0.4, -0.2) is 22.3 Å². The average Bonchev–Trinajstić information content (AvgIpc) is 2.89. The third-order valence-electron chi connectivity index (χ3n) is 2.90. The lowest BCUT2D eigenvalue weighted by Gasteiger charge is -1.97. The number of aromatic amines is 1. The van der Waals surface area contributed by atoms with E-state index in [2.05, 4.69) is 15.2 Å². The molecule has 2 heterocycles. The number of pyridine rings is 1. The first-order valence-electron chi connectivity index (χ1n) is 5.98. The standard InChI is InChI=1S/C15H13N3O/c1-19-15-9-7-11(10-16-15)6-8-14-12-4-2-3-5-13(12)17-18-14/h2-10H,1H3,(H,17,18)/b8-6+. The third-order valence-corrected chi connectivity index (χ3v) is 2.90. The lowest BCUT2D eigenvalue weighted by molar-refractivity contribution is 0.398. The van der Waals surface area contributed by atoms with E-state index < -0.39 is 0 Å². The first-order chi connectivity index (χ1) is 9.36. The molecule has 0 radical (unpaired) electrons. The summed E-state index contributed by atoms with van der Waals surface area (Å²) < 4.78 is 5.02. The lowest BCUT2D eigenvalue weighted by Crippen LogP contribution is -1.86. The topological polar surface area (TPSA) is 50.8 Å². The number of H-pyrrole nitrogens is 1.